The van der Waals surface area contributed by atoms with Gasteiger partial charge in [0.15, 0.2) is 0 Å². The normalized spacial score (nSPS) is 12.6. The highest BCUT2D eigenvalue weighted by atomic mass is 16.5. The van der Waals surface area contributed by atoms with E-state index >= 15 is 0 Å². The van der Waals surface area contributed by atoms with Crippen molar-refractivity contribution in [3.63, 3.8) is 0 Å². The minimum absolute atomic E-state index is 0.295. The van der Waals surface area contributed by atoms with Crippen LogP contribution in [0.25, 0.3) is 18.2 Å². The fraction of sp³-hybridized carbons (Fsp3) is 0.348. The summed E-state index contributed by atoms with van der Waals surface area (Å²) < 4.78 is 12.5. The molecule has 0 heterocycles. The first-order valence-electron chi connectivity index (χ1n) is 18.9. The van der Waals surface area contributed by atoms with Crippen LogP contribution in [0.5, 0.6) is 11.5 Å². The zero-order valence-electron chi connectivity index (χ0n) is 31.3. The summed E-state index contributed by atoms with van der Waals surface area (Å²) in [4.78, 5) is 13.4. The van der Waals surface area contributed by atoms with Gasteiger partial charge < -0.3 is 19.5 Å². The summed E-state index contributed by atoms with van der Waals surface area (Å²) in [6, 6.07) is 34.3. The van der Waals surface area contributed by atoms with Gasteiger partial charge in [-0.1, -0.05) is 115 Å². The molecule has 0 saturated heterocycles. The van der Waals surface area contributed by atoms with Crippen LogP contribution < -0.4 is 14.4 Å². The molecule has 4 aromatic rings. The molecule has 0 fully saturated rings. The molecule has 0 saturated carbocycles. The van der Waals surface area contributed by atoms with Crippen molar-refractivity contribution < 1.29 is 19.4 Å². The Bertz CT molecular complexity index is 1690. The zero-order valence-corrected chi connectivity index (χ0v) is 31.3. The zero-order chi connectivity index (χ0) is 37.1. The number of hydrogen-bond acceptors (Lipinski definition) is 5. The number of benzene rings is 4. The topological polar surface area (TPSA) is 82.8 Å². The highest BCUT2D eigenvalue weighted by Gasteiger charge is 2.15. The Hall–Kier alpha value is -5.28. The van der Waals surface area contributed by atoms with E-state index in [4.69, 9.17) is 19.8 Å². The number of nitriles is 1. The first kappa shape index (κ1) is 39.5. The monoisotopic (exact) mass is 698 g/mol. The summed E-state index contributed by atoms with van der Waals surface area (Å²) in [5.41, 5.74) is 5.46. The molecular formula is C46H54N2O4. The molecule has 272 valence electrons. The van der Waals surface area contributed by atoms with E-state index in [9.17, 15) is 4.79 Å². The Morgan fingerprint density at radius 2 is 1.04 bits per heavy atom. The highest BCUT2D eigenvalue weighted by molar-refractivity contribution is 5.96. The number of hydrogen-bond donors (Lipinski definition) is 1. The van der Waals surface area contributed by atoms with Crippen LogP contribution in [0.3, 0.4) is 0 Å². The van der Waals surface area contributed by atoms with Gasteiger partial charge in [0.2, 0.25) is 0 Å². The average molecular weight is 699 g/mol. The first-order valence-corrected chi connectivity index (χ1v) is 18.9. The van der Waals surface area contributed by atoms with E-state index < -0.39 is 5.97 Å². The Balaban J connectivity index is 1.53. The Morgan fingerprint density at radius 3 is 1.40 bits per heavy atom. The minimum atomic E-state index is -1.23. The van der Waals surface area contributed by atoms with Crippen molar-refractivity contribution >= 4 is 41.3 Å². The third-order valence-electron chi connectivity index (χ3n) is 9.47. The number of carbonyl (C=O) groups is 1. The lowest BCUT2D eigenvalue weighted by Gasteiger charge is -2.26. The number of anilines is 3. The molecule has 2 unspecified atom stereocenters. The van der Waals surface area contributed by atoms with E-state index in [1.54, 1.807) is 18.2 Å². The summed E-state index contributed by atoms with van der Waals surface area (Å²) in [5.74, 6) is 1.67. The molecule has 0 aliphatic rings. The molecule has 52 heavy (non-hydrogen) atoms. The molecule has 4 aromatic carbocycles. The van der Waals surface area contributed by atoms with Crippen LogP contribution in [0.1, 0.15) is 95.8 Å². The van der Waals surface area contributed by atoms with Crippen molar-refractivity contribution in [1.82, 2.24) is 0 Å². The quantitative estimate of drug-likeness (QED) is 0.0530. The fourth-order valence-corrected chi connectivity index (χ4v) is 5.99. The van der Waals surface area contributed by atoms with Crippen LogP contribution in [-0.2, 0) is 4.79 Å². The van der Waals surface area contributed by atoms with Gasteiger partial charge in [-0.2, -0.15) is 5.26 Å². The third-order valence-corrected chi connectivity index (χ3v) is 9.47. The van der Waals surface area contributed by atoms with Gasteiger partial charge in [0, 0.05) is 17.1 Å². The fourth-order valence-electron chi connectivity index (χ4n) is 5.99. The number of carboxylic acids is 1. The van der Waals surface area contributed by atoms with Crippen LogP contribution >= 0.6 is 0 Å². The molecular weight excluding hydrogens is 645 g/mol. The molecule has 0 aliphatic carbocycles. The lowest BCUT2D eigenvalue weighted by atomic mass is 10.0. The van der Waals surface area contributed by atoms with Gasteiger partial charge in [-0.15, -0.1) is 0 Å². The number of ether oxygens (including phenoxy) is 2. The standard InChI is InChI=1S/C46H54N2O4/c1-5-9-11-35(7-3)33-51-44-27-23-42(24-28-44)48(43-25-29-45(30-26-43)52-34-36(8-4)12-10-6-2)41-21-19-38(20-22-41)14-13-37-15-17-39(18-16-37)31-40(32-47)46(49)50/h13-31,35-36H,5-12,33-34H2,1-4H3,(H,49,50). The second kappa shape index (κ2) is 21.2. The largest absolute Gasteiger partial charge is 0.493 e. The summed E-state index contributed by atoms with van der Waals surface area (Å²) in [6.07, 6.45) is 14.9. The van der Waals surface area contributed by atoms with E-state index in [-0.39, 0.29) is 5.57 Å². The van der Waals surface area contributed by atoms with Crippen molar-refractivity contribution in [3.8, 4) is 17.6 Å². The maximum Gasteiger partial charge on any atom is 0.346 e. The van der Waals surface area contributed by atoms with E-state index in [0.29, 0.717) is 17.4 Å². The molecule has 0 aliphatic heterocycles. The van der Waals surface area contributed by atoms with E-state index in [1.807, 2.05) is 24.3 Å². The van der Waals surface area contributed by atoms with Gasteiger partial charge >= 0.3 is 5.97 Å². The van der Waals surface area contributed by atoms with Crippen molar-refractivity contribution in [2.75, 3.05) is 18.1 Å². The molecule has 0 bridgehead atoms. The number of rotatable bonds is 21. The lowest BCUT2D eigenvalue weighted by Crippen LogP contribution is -2.12. The van der Waals surface area contributed by atoms with Crippen LogP contribution in [0.4, 0.5) is 17.1 Å². The SMILES string of the molecule is CCCCC(CC)COc1ccc(N(c2ccc(C=Cc3ccc(C=C(C#N)C(=O)O)cc3)cc2)c2ccc(OCC(CC)CCCC)cc2)cc1. The Labute approximate surface area is 311 Å². The van der Waals surface area contributed by atoms with Crippen LogP contribution in [0, 0.1) is 23.2 Å². The minimum Gasteiger partial charge on any atom is -0.493 e. The van der Waals surface area contributed by atoms with Crippen LogP contribution in [0.2, 0.25) is 0 Å². The van der Waals surface area contributed by atoms with Crippen LogP contribution in [0.15, 0.2) is 103 Å². The summed E-state index contributed by atoms with van der Waals surface area (Å²) in [6.45, 7) is 10.4. The molecule has 0 radical (unpaired) electrons. The third kappa shape index (κ3) is 12.2. The van der Waals surface area contributed by atoms with Gasteiger partial charge in [-0.25, -0.2) is 4.79 Å². The predicted octanol–water partition coefficient (Wildman–Crippen LogP) is 12.5. The average Bonchev–Trinajstić information content (AvgIpc) is 3.18. The predicted molar refractivity (Wildman–Crippen MR) is 215 cm³/mol. The van der Waals surface area contributed by atoms with Crippen molar-refractivity contribution in [1.29, 1.82) is 5.26 Å². The molecule has 6 heteroatoms. The lowest BCUT2D eigenvalue weighted by molar-refractivity contribution is -0.132. The van der Waals surface area contributed by atoms with E-state index in [2.05, 4.69) is 105 Å². The van der Waals surface area contributed by atoms with Crippen molar-refractivity contribution in [3.05, 3.63) is 119 Å². The molecule has 1 N–H and O–H groups in total. The van der Waals surface area contributed by atoms with Crippen LogP contribution in [-0.4, -0.2) is 24.3 Å². The maximum atomic E-state index is 11.2. The number of carboxylic acid groups (broad SMARTS) is 1. The molecule has 6 nitrogen and oxygen atoms in total. The maximum absolute atomic E-state index is 11.2. The van der Waals surface area contributed by atoms with E-state index in [0.717, 1.165) is 65.7 Å². The number of nitrogens with zero attached hydrogens (tertiary/aromatic N) is 2. The van der Waals surface area contributed by atoms with Gasteiger partial charge in [0.05, 0.1) is 13.2 Å². The molecule has 0 spiro atoms. The van der Waals surface area contributed by atoms with E-state index in [1.165, 1.54) is 44.6 Å². The summed E-state index contributed by atoms with van der Waals surface area (Å²) in [5, 5.41) is 18.2. The Kier molecular flexibility index (Phi) is 16.1. The Morgan fingerprint density at radius 1 is 0.654 bits per heavy atom. The second-order valence-corrected chi connectivity index (χ2v) is 13.3. The number of aliphatic carboxylic acids is 1. The summed E-state index contributed by atoms with van der Waals surface area (Å²) in [7, 11) is 0. The molecule has 2 atom stereocenters. The molecule has 0 aromatic heterocycles. The smallest absolute Gasteiger partial charge is 0.346 e. The van der Waals surface area contributed by atoms with Crippen molar-refractivity contribution in [2.45, 2.75) is 79.1 Å². The second-order valence-electron chi connectivity index (χ2n) is 13.3. The van der Waals surface area contributed by atoms with Gasteiger partial charge in [-0.05, 0) is 108 Å². The van der Waals surface area contributed by atoms with Gasteiger partial charge in [0.1, 0.15) is 23.1 Å². The number of unbranched alkanes of at least 4 members (excludes halogenated alkanes) is 2. The van der Waals surface area contributed by atoms with Crippen molar-refractivity contribution in [2.24, 2.45) is 11.8 Å². The van der Waals surface area contributed by atoms with Gasteiger partial charge in [-0.3, -0.25) is 0 Å². The first-order chi connectivity index (χ1) is 25.4. The highest BCUT2D eigenvalue weighted by Crippen LogP contribution is 2.36. The molecule has 0 amide bonds. The molecule has 4 rings (SSSR count). The van der Waals surface area contributed by atoms with Gasteiger partial charge in [0.25, 0.3) is 0 Å². The summed E-state index contributed by atoms with van der Waals surface area (Å²) >= 11 is 0.